The normalized spacial score (nSPS) is 10.7. The lowest BCUT2D eigenvalue weighted by Gasteiger charge is -2.14. The molecule has 0 bridgehead atoms. The van der Waals surface area contributed by atoms with E-state index in [9.17, 15) is 0 Å². The molecule has 2 nitrogen and oxygen atoms in total. The predicted octanol–water partition coefficient (Wildman–Crippen LogP) is 2.13. The summed E-state index contributed by atoms with van der Waals surface area (Å²) >= 11 is 0. The Balaban J connectivity index is 0.000000810. The standard InChI is InChI=1S/C7H12N2.ClH/c1-7(2,3)6-4-5-8-9-6;/h4-5H,1-3H3,(H,8,9);1H. The molecule has 0 saturated heterocycles. The molecule has 0 unspecified atom stereocenters. The third-order valence-corrected chi connectivity index (χ3v) is 1.31. The fraction of sp³-hybridized carbons (Fsp3) is 0.571. The van der Waals surface area contributed by atoms with E-state index in [1.165, 1.54) is 5.69 Å². The minimum atomic E-state index is 0. The van der Waals surface area contributed by atoms with Gasteiger partial charge in [-0.2, -0.15) is 5.10 Å². The first-order valence-corrected chi connectivity index (χ1v) is 3.10. The summed E-state index contributed by atoms with van der Waals surface area (Å²) in [6.07, 6.45) is 1.78. The van der Waals surface area contributed by atoms with Gasteiger partial charge in [0.1, 0.15) is 0 Å². The molecule has 1 N–H and O–H groups in total. The van der Waals surface area contributed by atoms with E-state index in [0.29, 0.717) is 0 Å². The Kier molecular flexibility index (Phi) is 2.91. The van der Waals surface area contributed by atoms with E-state index in [2.05, 4.69) is 31.0 Å². The second-order valence-electron chi connectivity index (χ2n) is 3.22. The maximum atomic E-state index is 3.86. The summed E-state index contributed by atoms with van der Waals surface area (Å²) in [6.45, 7) is 6.46. The van der Waals surface area contributed by atoms with Crippen molar-refractivity contribution in [3.63, 3.8) is 0 Å². The molecule has 1 aromatic heterocycles. The van der Waals surface area contributed by atoms with Crippen LogP contribution in [0.1, 0.15) is 26.5 Å². The Morgan fingerprint density at radius 3 is 2.20 bits per heavy atom. The molecule has 1 heterocycles. The molecule has 1 rings (SSSR count). The first-order valence-electron chi connectivity index (χ1n) is 3.10. The van der Waals surface area contributed by atoms with E-state index < -0.39 is 0 Å². The number of H-pyrrole nitrogens is 1. The number of hydrogen-bond donors (Lipinski definition) is 1. The average molecular weight is 161 g/mol. The molecule has 3 heteroatoms. The van der Waals surface area contributed by atoms with Gasteiger partial charge in [-0.25, -0.2) is 0 Å². The molecule has 0 aliphatic carbocycles. The molecule has 0 aliphatic rings. The highest BCUT2D eigenvalue weighted by Gasteiger charge is 2.13. The van der Waals surface area contributed by atoms with Crippen LogP contribution in [0.25, 0.3) is 0 Å². The summed E-state index contributed by atoms with van der Waals surface area (Å²) in [6, 6.07) is 2.00. The van der Waals surface area contributed by atoms with Crippen molar-refractivity contribution in [2.45, 2.75) is 26.2 Å². The number of hydrogen-bond acceptors (Lipinski definition) is 1. The molecule has 58 valence electrons. The molecular weight excluding hydrogens is 148 g/mol. The maximum absolute atomic E-state index is 3.86. The van der Waals surface area contributed by atoms with E-state index >= 15 is 0 Å². The van der Waals surface area contributed by atoms with Crippen LogP contribution in [0.5, 0.6) is 0 Å². The van der Waals surface area contributed by atoms with Crippen molar-refractivity contribution in [1.82, 2.24) is 10.2 Å². The van der Waals surface area contributed by atoms with Crippen molar-refractivity contribution in [2.24, 2.45) is 0 Å². The topological polar surface area (TPSA) is 28.7 Å². The fourth-order valence-electron chi connectivity index (χ4n) is 0.674. The number of aromatic amines is 1. The van der Waals surface area contributed by atoms with E-state index in [1.54, 1.807) is 6.20 Å². The van der Waals surface area contributed by atoms with Crippen LogP contribution < -0.4 is 0 Å². The van der Waals surface area contributed by atoms with Crippen molar-refractivity contribution < 1.29 is 0 Å². The number of aromatic nitrogens is 2. The fourth-order valence-corrected chi connectivity index (χ4v) is 0.674. The zero-order valence-electron chi connectivity index (χ0n) is 6.51. The van der Waals surface area contributed by atoms with Crippen molar-refractivity contribution >= 4 is 12.4 Å². The van der Waals surface area contributed by atoms with Crippen LogP contribution in [0.4, 0.5) is 0 Å². The number of halogens is 1. The van der Waals surface area contributed by atoms with E-state index in [0.717, 1.165) is 0 Å². The molecule has 0 saturated carbocycles. The van der Waals surface area contributed by atoms with Gasteiger partial charge in [0.05, 0.1) is 0 Å². The van der Waals surface area contributed by atoms with Gasteiger partial charge in [-0.3, -0.25) is 5.10 Å². The molecule has 0 aliphatic heterocycles. The van der Waals surface area contributed by atoms with Crippen LogP contribution in [0.15, 0.2) is 12.3 Å². The van der Waals surface area contributed by atoms with Gasteiger partial charge in [-0.1, -0.05) is 20.8 Å². The van der Waals surface area contributed by atoms with Crippen molar-refractivity contribution in [2.75, 3.05) is 0 Å². The highest BCUT2D eigenvalue weighted by molar-refractivity contribution is 5.85. The summed E-state index contributed by atoms with van der Waals surface area (Å²) in [5.41, 5.74) is 1.39. The van der Waals surface area contributed by atoms with Gasteiger partial charge in [-0.15, -0.1) is 12.4 Å². The lowest BCUT2D eigenvalue weighted by molar-refractivity contribution is 0.567. The number of nitrogens with one attached hydrogen (secondary N) is 1. The lowest BCUT2D eigenvalue weighted by Crippen LogP contribution is -2.11. The van der Waals surface area contributed by atoms with Crippen LogP contribution in [-0.2, 0) is 5.41 Å². The summed E-state index contributed by atoms with van der Waals surface area (Å²) < 4.78 is 0. The third kappa shape index (κ3) is 2.03. The van der Waals surface area contributed by atoms with Crippen molar-refractivity contribution in [1.29, 1.82) is 0 Å². The second-order valence-corrected chi connectivity index (χ2v) is 3.22. The van der Waals surface area contributed by atoms with Gasteiger partial charge in [0.2, 0.25) is 0 Å². The van der Waals surface area contributed by atoms with Crippen molar-refractivity contribution in [3.8, 4) is 0 Å². The Morgan fingerprint density at radius 1 is 1.40 bits per heavy atom. The Morgan fingerprint density at radius 2 is 2.00 bits per heavy atom. The van der Waals surface area contributed by atoms with Crippen LogP contribution in [-0.4, -0.2) is 10.2 Å². The summed E-state index contributed by atoms with van der Waals surface area (Å²) in [5.74, 6) is 0. The minimum Gasteiger partial charge on any atom is -0.282 e. The zero-order chi connectivity index (χ0) is 6.91. The summed E-state index contributed by atoms with van der Waals surface area (Å²) in [5, 5.41) is 6.79. The van der Waals surface area contributed by atoms with E-state index in [-0.39, 0.29) is 17.8 Å². The van der Waals surface area contributed by atoms with Gasteiger partial charge in [-0.05, 0) is 6.07 Å². The van der Waals surface area contributed by atoms with Crippen LogP contribution in [0.3, 0.4) is 0 Å². The zero-order valence-corrected chi connectivity index (χ0v) is 7.33. The summed E-state index contributed by atoms with van der Waals surface area (Å²) in [4.78, 5) is 0. The molecule has 0 radical (unpaired) electrons. The monoisotopic (exact) mass is 160 g/mol. The first kappa shape index (κ1) is 9.50. The SMILES string of the molecule is CC(C)(C)c1ccn[nH]1.Cl. The molecule has 10 heavy (non-hydrogen) atoms. The third-order valence-electron chi connectivity index (χ3n) is 1.31. The van der Waals surface area contributed by atoms with Crippen LogP contribution >= 0.6 is 12.4 Å². The minimum absolute atomic E-state index is 0. The maximum Gasteiger partial charge on any atom is 0.0490 e. The Hall–Kier alpha value is -0.500. The Labute approximate surface area is 67.4 Å². The van der Waals surface area contributed by atoms with Crippen molar-refractivity contribution in [3.05, 3.63) is 18.0 Å². The number of nitrogens with zero attached hydrogens (tertiary/aromatic N) is 1. The van der Waals surface area contributed by atoms with E-state index in [1.807, 2.05) is 6.07 Å². The smallest absolute Gasteiger partial charge is 0.0490 e. The molecule has 0 amide bonds. The highest BCUT2D eigenvalue weighted by atomic mass is 35.5. The molecule has 1 aromatic rings. The molecule has 0 aromatic carbocycles. The van der Waals surface area contributed by atoms with Gasteiger partial charge in [0, 0.05) is 17.3 Å². The largest absolute Gasteiger partial charge is 0.282 e. The predicted molar refractivity (Wildman–Crippen MR) is 44.5 cm³/mol. The Bertz CT molecular complexity index is 174. The molecular formula is C7H13ClN2. The van der Waals surface area contributed by atoms with E-state index in [4.69, 9.17) is 0 Å². The van der Waals surface area contributed by atoms with Gasteiger partial charge in [0.15, 0.2) is 0 Å². The summed E-state index contributed by atoms with van der Waals surface area (Å²) in [7, 11) is 0. The lowest BCUT2D eigenvalue weighted by atomic mass is 9.93. The first-order chi connectivity index (χ1) is 4.11. The van der Waals surface area contributed by atoms with Gasteiger partial charge >= 0.3 is 0 Å². The van der Waals surface area contributed by atoms with Crippen LogP contribution in [0.2, 0.25) is 0 Å². The van der Waals surface area contributed by atoms with Gasteiger partial charge < -0.3 is 0 Å². The average Bonchev–Trinajstić information content (AvgIpc) is 2.08. The quantitative estimate of drug-likeness (QED) is 0.619. The second kappa shape index (κ2) is 3.06. The molecule has 0 atom stereocenters. The molecule has 0 fully saturated rings. The highest BCUT2D eigenvalue weighted by Crippen LogP contribution is 2.17. The molecule has 0 spiro atoms. The van der Waals surface area contributed by atoms with Gasteiger partial charge in [0.25, 0.3) is 0 Å². The van der Waals surface area contributed by atoms with Crippen LogP contribution in [0, 0.1) is 0 Å². The number of rotatable bonds is 0.